The third kappa shape index (κ3) is 3.02. The number of benzene rings is 2. The Morgan fingerprint density at radius 1 is 1.13 bits per heavy atom. The maximum atomic E-state index is 13.8. The molecule has 0 spiro atoms. The maximum Gasteiger partial charge on any atom is 0.189 e. The van der Waals surface area contributed by atoms with Crippen LogP contribution in [0.15, 0.2) is 53.6 Å². The van der Waals surface area contributed by atoms with E-state index in [0.717, 1.165) is 32.8 Å². The predicted molar refractivity (Wildman–Crippen MR) is 88.0 cm³/mol. The second kappa shape index (κ2) is 6.18. The van der Waals surface area contributed by atoms with Gasteiger partial charge in [-0.25, -0.2) is 9.37 Å². The molecule has 0 radical (unpaired) electrons. The lowest BCUT2D eigenvalue weighted by molar-refractivity contribution is -0.0171. The van der Waals surface area contributed by atoms with Crippen molar-refractivity contribution in [2.24, 2.45) is 0 Å². The highest BCUT2D eigenvalue weighted by atomic mass is 32.2. The SMILES string of the molecule is Fc1cc2c(c(CSc3ccc4ccccc4n3)c1)OCOC2. The summed E-state index contributed by atoms with van der Waals surface area (Å²) < 4.78 is 24.5. The summed E-state index contributed by atoms with van der Waals surface area (Å²) in [5, 5.41) is 2.02. The molecule has 1 aromatic heterocycles. The lowest BCUT2D eigenvalue weighted by Crippen LogP contribution is -2.13. The van der Waals surface area contributed by atoms with Gasteiger partial charge in [-0.15, -0.1) is 11.8 Å². The van der Waals surface area contributed by atoms with Crippen LogP contribution in [0, 0.1) is 5.82 Å². The highest BCUT2D eigenvalue weighted by Crippen LogP contribution is 2.33. The molecule has 23 heavy (non-hydrogen) atoms. The van der Waals surface area contributed by atoms with Crippen LogP contribution < -0.4 is 4.74 Å². The number of aromatic nitrogens is 1. The third-order valence-corrected chi connectivity index (χ3v) is 4.68. The van der Waals surface area contributed by atoms with Gasteiger partial charge in [0.2, 0.25) is 0 Å². The number of pyridine rings is 1. The number of hydrogen-bond donors (Lipinski definition) is 0. The van der Waals surface area contributed by atoms with E-state index < -0.39 is 0 Å². The Labute approximate surface area is 137 Å². The van der Waals surface area contributed by atoms with Crippen LogP contribution in [0.1, 0.15) is 11.1 Å². The highest BCUT2D eigenvalue weighted by Gasteiger charge is 2.17. The Bertz CT molecular complexity index is 869. The average molecular weight is 327 g/mol. The molecule has 0 amide bonds. The van der Waals surface area contributed by atoms with Gasteiger partial charge in [0.1, 0.15) is 11.6 Å². The molecule has 2 heterocycles. The van der Waals surface area contributed by atoms with Crippen LogP contribution in [0.3, 0.4) is 0 Å². The normalized spacial score (nSPS) is 13.6. The molecule has 0 saturated heterocycles. The Hall–Kier alpha value is -2.11. The second-order valence-corrected chi connectivity index (χ2v) is 6.29. The van der Waals surface area contributed by atoms with Gasteiger partial charge >= 0.3 is 0 Å². The minimum atomic E-state index is -0.264. The van der Waals surface area contributed by atoms with Crippen LogP contribution in [-0.4, -0.2) is 11.8 Å². The molecule has 1 aliphatic rings. The Morgan fingerprint density at radius 3 is 3.00 bits per heavy atom. The first-order chi connectivity index (χ1) is 11.3. The summed E-state index contributed by atoms with van der Waals surface area (Å²) in [6.07, 6.45) is 0. The smallest absolute Gasteiger partial charge is 0.189 e. The van der Waals surface area contributed by atoms with Crippen LogP contribution >= 0.6 is 11.8 Å². The standard InChI is InChI=1S/C18H14FNO2S/c19-15-7-13-9-21-11-22-18(13)14(8-15)10-23-17-6-5-12-3-1-2-4-16(12)20-17/h1-8H,9-11H2. The number of halogens is 1. The predicted octanol–water partition coefficient (Wildman–Crippen LogP) is 4.53. The zero-order valence-corrected chi connectivity index (χ0v) is 13.1. The molecule has 0 fully saturated rings. The summed E-state index contributed by atoms with van der Waals surface area (Å²) in [7, 11) is 0. The number of fused-ring (bicyclic) bond motifs is 2. The Morgan fingerprint density at radius 2 is 2.04 bits per heavy atom. The van der Waals surface area contributed by atoms with Gasteiger partial charge in [0.05, 0.1) is 17.1 Å². The van der Waals surface area contributed by atoms with Crippen LogP contribution in [0.5, 0.6) is 5.75 Å². The number of hydrogen-bond acceptors (Lipinski definition) is 4. The summed E-state index contributed by atoms with van der Waals surface area (Å²) in [5.74, 6) is 1.08. The van der Waals surface area contributed by atoms with Gasteiger partial charge in [0.25, 0.3) is 0 Å². The largest absolute Gasteiger partial charge is 0.467 e. The average Bonchev–Trinajstić information content (AvgIpc) is 2.59. The fourth-order valence-corrected chi connectivity index (χ4v) is 3.49. The molecule has 3 nitrogen and oxygen atoms in total. The fraction of sp³-hybridized carbons (Fsp3) is 0.167. The van der Waals surface area contributed by atoms with E-state index in [0.29, 0.717) is 12.4 Å². The number of rotatable bonds is 3. The van der Waals surface area contributed by atoms with Crippen molar-refractivity contribution >= 4 is 22.7 Å². The van der Waals surface area contributed by atoms with Gasteiger partial charge in [0.15, 0.2) is 6.79 Å². The maximum absolute atomic E-state index is 13.8. The number of nitrogens with zero attached hydrogens (tertiary/aromatic N) is 1. The topological polar surface area (TPSA) is 31.4 Å². The molecule has 0 unspecified atom stereocenters. The van der Waals surface area contributed by atoms with E-state index in [9.17, 15) is 4.39 Å². The summed E-state index contributed by atoms with van der Waals surface area (Å²) in [5.41, 5.74) is 2.56. The van der Waals surface area contributed by atoms with Crippen LogP contribution in [0.2, 0.25) is 0 Å². The van der Waals surface area contributed by atoms with Crippen molar-refractivity contribution in [1.29, 1.82) is 0 Å². The van der Waals surface area contributed by atoms with E-state index in [1.54, 1.807) is 11.8 Å². The van der Waals surface area contributed by atoms with Crippen LogP contribution in [0.25, 0.3) is 10.9 Å². The van der Waals surface area contributed by atoms with E-state index in [2.05, 4.69) is 11.1 Å². The first-order valence-corrected chi connectivity index (χ1v) is 8.28. The number of para-hydroxylation sites is 1. The van der Waals surface area contributed by atoms with Crippen molar-refractivity contribution in [3.8, 4) is 5.75 Å². The van der Waals surface area contributed by atoms with Gasteiger partial charge in [-0.3, -0.25) is 0 Å². The lowest BCUT2D eigenvalue weighted by atomic mass is 10.1. The van der Waals surface area contributed by atoms with Crippen LogP contribution in [0.4, 0.5) is 4.39 Å². The summed E-state index contributed by atoms with van der Waals surface area (Å²) in [6.45, 7) is 0.601. The van der Waals surface area contributed by atoms with Crippen molar-refractivity contribution in [1.82, 2.24) is 4.98 Å². The summed E-state index contributed by atoms with van der Waals surface area (Å²) in [6, 6.07) is 15.0. The van der Waals surface area contributed by atoms with E-state index in [1.807, 2.05) is 30.3 Å². The fourth-order valence-electron chi connectivity index (χ4n) is 2.64. The molecule has 2 aromatic carbocycles. The van der Waals surface area contributed by atoms with Crippen LogP contribution in [-0.2, 0) is 17.1 Å². The third-order valence-electron chi connectivity index (χ3n) is 3.70. The minimum absolute atomic E-state index is 0.213. The first kappa shape index (κ1) is 14.5. The monoisotopic (exact) mass is 327 g/mol. The Kier molecular flexibility index (Phi) is 3.89. The molecule has 5 heteroatoms. The molecule has 0 aliphatic carbocycles. The Balaban J connectivity index is 1.59. The molecule has 3 aromatic rings. The zero-order valence-electron chi connectivity index (χ0n) is 12.3. The van der Waals surface area contributed by atoms with Crippen molar-refractivity contribution in [3.63, 3.8) is 0 Å². The summed E-state index contributed by atoms with van der Waals surface area (Å²) in [4.78, 5) is 4.63. The van der Waals surface area contributed by atoms with Crippen molar-refractivity contribution in [2.45, 2.75) is 17.4 Å². The van der Waals surface area contributed by atoms with Gasteiger partial charge < -0.3 is 9.47 Å². The summed E-state index contributed by atoms with van der Waals surface area (Å²) >= 11 is 1.57. The molecule has 116 valence electrons. The molecular formula is C18H14FNO2S. The van der Waals surface area contributed by atoms with E-state index in [4.69, 9.17) is 9.47 Å². The molecule has 0 saturated carbocycles. The number of ether oxygens (including phenoxy) is 2. The molecule has 0 atom stereocenters. The van der Waals surface area contributed by atoms with Crippen molar-refractivity contribution < 1.29 is 13.9 Å². The second-order valence-electron chi connectivity index (χ2n) is 5.29. The lowest BCUT2D eigenvalue weighted by Gasteiger charge is -2.20. The molecule has 4 rings (SSSR count). The van der Waals surface area contributed by atoms with E-state index in [1.165, 1.54) is 12.1 Å². The molecule has 0 bridgehead atoms. The van der Waals surface area contributed by atoms with Gasteiger partial charge in [-0.2, -0.15) is 0 Å². The minimum Gasteiger partial charge on any atom is -0.467 e. The van der Waals surface area contributed by atoms with Crippen molar-refractivity contribution in [3.05, 3.63) is 65.5 Å². The number of thioether (sulfide) groups is 1. The van der Waals surface area contributed by atoms with Gasteiger partial charge in [0, 0.05) is 22.3 Å². The highest BCUT2D eigenvalue weighted by molar-refractivity contribution is 7.98. The molecule has 1 aliphatic heterocycles. The molecule has 0 N–H and O–H groups in total. The van der Waals surface area contributed by atoms with E-state index in [-0.39, 0.29) is 12.6 Å². The van der Waals surface area contributed by atoms with E-state index >= 15 is 0 Å². The molecular weight excluding hydrogens is 313 g/mol. The van der Waals surface area contributed by atoms with Crippen molar-refractivity contribution in [2.75, 3.05) is 6.79 Å². The van der Waals surface area contributed by atoms with Gasteiger partial charge in [-0.05, 0) is 24.3 Å². The quantitative estimate of drug-likeness (QED) is 0.661. The first-order valence-electron chi connectivity index (χ1n) is 7.30. The zero-order chi connectivity index (χ0) is 15.6. The van der Waals surface area contributed by atoms with Gasteiger partial charge in [-0.1, -0.05) is 24.3 Å².